The Hall–Kier alpha value is -4.14. The second-order valence-electron chi connectivity index (χ2n) is 11.0. The highest BCUT2D eigenvalue weighted by Crippen LogP contribution is 2.27. The highest BCUT2D eigenvalue weighted by molar-refractivity contribution is 5.69. The first-order valence-corrected chi connectivity index (χ1v) is 14.8. The first-order valence-electron chi connectivity index (χ1n) is 14.8. The van der Waals surface area contributed by atoms with Crippen molar-refractivity contribution >= 4 is 6.08 Å². The van der Waals surface area contributed by atoms with Gasteiger partial charge in [0.05, 0.1) is 17.7 Å². The zero-order chi connectivity index (χ0) is 30.2. The fourth-order valence-electron chi connectivity index (χ4n) is 4.92. The molecule has 0 aliphatic carbocycles. The fourth-order valence-corrected chi connectivity index (χ4v) is 4.92. The van der Waals surface area contributed by atoms with Crippen molar-refractivity contribution in [3.8, 4) is 23.3 Å². The molecule has 0 fully saturated rings. The van der Waals surface area contributed by atoms with E-state index in [2.05, 4.69) is 88.2 Å². The molecule has 0 radical (unpaired) electrons. The number of aryl methyl sites for hydroxylation is 5. The van der Waals surface area contributed by atoms with E-state index in [9.17, 15) is 0 Å². The van der Waals surface area contributed by atoms with Crippen LogP contribution in [-0.4, -0.2) is 0 Å². The number of benzene rings is 3. The van der Waals surface area contributed by atoms with Gasteiger partial charge in [-0.25, -0.2) is 0 Å². The minimum atomic E-state index is 0.458. The first kappa shape index (κ1) is 33.1. The van der Waals surface area contributed by atoms with Crippen LogP contribution in [-0.2, 0) is 12.8 Å². The summed E-state index contributed by atoms with van der Waals surface area (Å²) in [5, 5.41) is 17.3. The fraction of sp³-hybridized carbons (Fsp3) is 0.333. The SMILES string of the molecule is C=C(C)C(=C)C#N.C=Cc1ccc(CCCCCCCCCc2ccc(-c3ccc(C#N)c(C)c3)c(C)c2)cc1C. The Kier molecular flexibility index (Phi) is 14.1. The zero-order valence-electron chi connectivity index (χ0n) is 25.7. The van der Waals surface area contributed by atoms with Gasteiger partial charge >= 0.3 is 0 Å². The van der Waals surface area contributed by atoms with E-state index in [4.69, 9.17) is 10.5 Å². The summed E-state index contributed by atoms with van der Waals surface area (Å²) in [6, 6.07) is 23.9. The Morgan fingerprint density at radius 2 is 1.27 bits per heavy atom. The van der Waals surface area contributed by atoms with Crippen molar-refractivity contribution in [2.24, 2.45) is 0 Å². The average Bonchev–Trinajstić information content (AvgIpc) is 2.96. The quantitative estimate of drug-likeness (QED) is 0.122. The van der Waals surface area contributed by atoms with Crippen LogP contribution in [0.1, 0.15) is 90.8 Å². The molecule has 0 aromatic heterocycles. The van der Waals surface area contributed by atoms with Gasteiger partial charge in [-0.05, 0) is 110 Å². The minimum absolute atomic E-state index is 0.458. The van der Waals surface area contributed by atoms with Crippen LogP contribution in [0.4, 0.5) is 0 Å². The summed E-state index contributed by atoms with van der Waals surface area (Å²) in [5.41, 5.74) is 12.2. The number of nitrogens with zero attached hydrogens (tertiary/aromatic N) is 2. The molecule has 0 spiro atoms. The van der Waals surface area contributed by atoms with Crippen molar-refractivity contribution in [1.29, 1.82) is 10.5 Å². The lowest BCUT2D eigenvalue weighted by atomic mass is 9.94. The molecule has 0 atom stereocenters. The smallest absolute Gasteiger partial charge is 0.0994 e. The summed E-state index contributed by atoms with van der Waals surface area (Å²) in [6.07, 6.45) is 13.5. The van der Waals surface area contributed by atoms with Gasteiger partial charge in [0.25, 0.3) is 0 Å². The molecule has 2 heteroatoms. The molecule has 0 amide bonds. The van der Waals surface area contributed by atoms with Crippen molar-refractivity contribution in [3.63, 3.8) is 0 Å². The summed E-state index contributed by atoms with van der Waals surface area (Å²) in [5.74, 6) is 0. The van der Waals surface area contributed by atoms with Crippen molar-refractivity contribution in [1.82, 2.24) is 0 Å². The van der Waals surface area contributed by atoms with Gasteiger partial charge < -0.3 is 0 Å². The van der Waals surface area contributed by atoms with E-state index in [-0.39, 0.29) is 0 Å². The lowest BCUT2D eigenvalue weighted by Gasteiger charge is -2.10. The highest BCUT2D eigenvalue weighted by Gasteiger charge is 2.06. The molecular weight excluding hydrogens is 496 g/mol. The molecule has 0 aliphatic heterocycles. The van der Waals surface area contributed by atoms with Gasteiger partial charge in [-0.1, -0.05) is 106 Å². The van der Waals surface area contributed by atoms with Crippen LogP contribution in [0, 0.1) is 43.4 Å². The van der Waals surface area contributed by atoms with Crippen molar-refractivity contribution in [2.45, 2.75) is 85.5 Å². The van der Waals surface area contributed by atoms with E-state index in [0.29, 0.717) is 5.57 Å². The minimum Gasteiger partial charge on any atom is -0.192 e. The molecule has 0 heterocycles. The maximum Gasteiger partial charge on any atom is 0.0994 e. The summed E-state index contributed by atoms with van der Waals surface area (Å²) < 4.78 is 0. The second-order valence-corrected chi connectivity index (χ2v) is 11.0. The number of hydrogen-bond acceptors (Lipinski definition) is 2. The molecule has 3 aromatic rings. The van der Waals surface area contributed by atoms with Gasteiger partial charge in [-0.2, -0.15) is 10.5 Å². The summed E-state index contributed by atoms with van der Waals surface area (Å²) in [7, 11) is 0. The number of unbranched alkanes of at least 4 members (excludes halogenated alkanes) is 6. The molecule has 3 aromatic carbocycles. The van der Waals surface area contributed by atoms with Gasteiger partial charge in [-0.3, -0.25) is 0 Å². The second kappa shape index (κ2) is 17.5. The molecular formula is C39H46N2. The van der Waals surface area contributed by atoms with Crippen molar-refractivity contribution in [3.05, 3.63) is 124 Å². The van der Waals surface area contributed by atoms with Gasteiger partial charge in [-0.15, -0.1) is 0 Å². The van der Waals surface area contributed by atoms with Crippen LogP contribution in [0.3, 0.4) is 0 Å². The number of rotatable bonds is 13. The summed E-state index contributed by atoms with van der Waals surface area (Å²) in [4.78, 5) is 0. The maximum absolute atomic E-state index is 9.16. The topological polar surface area (TPSA) is 47.6 Å². The molecule has 0 N–H and O–H groups in total. The Balaban J connectivity index is 0.000000745. The van der Waals surface area contributed by atoms with Gasteiger partial charge in [0.2, 0.25) is 0 Å². The monoisotopic (exact) mass is 542 g/mol. The molecule has 0 aliphatic rings. The standard InChI is InChI=1S/C33H39N.C6H7N/c1-5-30-17-15-28(21-25(30)2)13-11-9-7-6-8-10-12-14-29-16-20-33(27(4)22-29)31-18-19-32(24-34)26(3)23-31;1-5(2)6(3)4-7/h5,15-23H,1,6-14H2,2-4H3;1,3H2,2H3. The van der Waals surface area contributed by atoms with Crippen molar-refractivity contribution < 1.29 is 0 Å². The molecule has 0 bridgehead atoms. The van der Waals surface area contributed by atoms with Crippen LogP contribution in [0.15, 0.2) is 85.5 Å². The van der Waals surface area contributed by atoms with Crippen LogP contribution in [0.5, 0.6) is 0 Å². The Labute approximate surface area is 249 Å². The van der Waals surface area contributed by atoms with E-state index < -0.39 is 0 Å². The average molecular weight is 543 g/mol. The predicted molar refractivity (Wildman–Crippen MR) is 177 cm³/mol. The Bertz CT molecular complexity index is 1420. The van der Waals surface area contributed by atoms with E-state index in [1.54, 1.807) is 6.92 Å². The number of hydrogen-bond donors (Lipinski definition) is 0. The molecule has 0 saturated heterocycles. The van der Waals surface area contributed by atoms with Crippen LogP contribution >= 0.6 is 0 Å². The van der Waals surface area contributed by atoms with Crippen LogP contribution in [0.2, 0.25) is 0 Å². The number of allylic oxidation sites excluding steroid dienone is 2. The zero-order valence-corrected chi connectivity index (χ0v) is 25.7. The molecule has 0 saturated carbocycles. The molecule has 2 nitrogen and oxygen atoms in total. The third-order valence-corrected chi connectivity index (χ3v) is 7.58. The molecule has 41 heavy (non-hydrogen) atoms. The van der Waals surface area contributed by atoms with Gasteiger partial charge in [0, 0.05) is 5.57 Å². The van der Waals surface area contributed by atoms with Gasteiger partial charge in [0.15, 0.2) is 0 Å². The molecule has 212 valence electrons. The summed E-state index contributed by atoms with van der Waals surface area (Å²) >= 11 is 0. The van der Waals surface area contributed by atoms with E-state index in [1.807, 2.05) is 25.1 Å². The number of nitriles is 2. The first-order chi connectivity index (χ1) is 19.7. The summed E-state index contributed by atoms with van der Waals surface area (Å²) in [6.45, 7) is 18.9. The van der Waals surface area contributed by atoms with E-state index >= 15 is 0 Å². The largest absolute Gasteiger partial charge is 0.192 e. The maximum atomic E-state index is 9.16. The molecule has 3 rings (SSSR count). The lowest BCUT2D eigenvalue weighted by Crippen LogP contribution is -1.92. The highest BCUT2D eigenvalue weighted by atomic mass is 14.2. The van der Waals surface area contributed by atoms with Crippen LogP contribution < -0.4 is 0 Å². The lowest BCUT2D eigenvalue weighted by molar-refractivity contribution is 0.579. The Morgan fingerprint density at radius 1 is 0.707 bits per heavy atom. The molecule has 0 unspecified atom stereocenters. The van der Waals surface area contributed by atoms with E-state index in [0.717, 1.165) is 23.1 Å². The van der Waals surface area contributed by atoms with E-state index in [1.165, 1.54) is 90.3 Å². The third kappa shape index (κ3) is 11.1. The Morgan fingerprint density at radius 3 is 1.71 bits per heavy atom. The van der Waals surface area contributed by atoms with Crippen molar-refractivity contribution in [2.75, 3.05) is 0 Å². The van der Waals surface area contributed by atoms with Gasteiger partial charge in [0.1, 0.15) is 0 Å². The third-order valence-electron chi connectivity index (χ3n) is 7.58. The predicted octanol–water partition coefficient (Wildman–Crippen LogP) is 11.0. The van der Waals surface area contributed by atoms with Crippen LogP contribution in [0.25, 0.3) is 17.2 Å². The normalized spacial score (nSPS) is 10.1.